The third kappa shape index (κ3) is 4.19. The lowest BCUT2D eigenvalue weighted by atomic mass is 10.2. The van der Waals surface area contributed by atoms with Gasteiger partial charge in [0.25, 0.3) is 5.91 Å². The smallest absolute Gasteiger partial charge is 0.272 e. The van der Waals surface area contributed by atoms with E-state index < -0.39 is 0 Å². The van der Waals surface area contributed by atoms with Crippen molar-refractivity contribution in [1.82, 2.24) is 9.88 Å². The Morgan fingerprint density at radius 2 is 1.66 bits per heavy atom. The van der Waals surface area contributed by atoms with Crippen LogP contribution in [0.1, 0.15) is 16.1 Å². The van der Waals surface area contributed by atoms with Crippen LogP contribution in [-0.4, -0.2) is 42.0 Å². The first-order valence-electron chi connectivity index (χ1n) is 9.56. The number of anilines is 3. The second kappa shape index (κ2) is 8.44. The minimum Gasteiger partial charge on any atom is -0.368 e. The average Bonchev–Trinajstić information content (AvgIpc) is 2.80. The fourth-order valence-electron chi connectivity index (χ4n) is 3.41. The summed E-state index contributed by atoms with van der Waals surface area (Å²) >= 11 is 0. The Labute approximate surface area is 170 Å². The van der Waals surface area contributed by atoms with Crippen LogP contribution in [0, 0.1) is 11.3 Å². The number of piperazine rings is 1. The Bertz CT molecular complexity index is 1020. The SMILES string of the molecule is N#Cc1ccccc1Nc1ccc(C(=O)N2CCN(c3ccccc3)CC2)nc1. The minimum absolute atomic E-state index is 0.0540. The van der Waals surface area contributed by atoms with E-state index in [1.165, 1.54) is 5.69 Å². The first-order chi connectivity index (χ1) is 14.2. The van der Waals surface area contributed by atoms with Gasteiger partial charge in [-0.25, -0.2) is 4.98 Å². The summed E-state index contributed by atoms with van der Waals surface area (Å²) < 4.78 is 0. The van der Waals surface area contributed by atoms with E-state index in [-0.39, 0.29) is 5.91 Å². The number of carbonyl (C=O) groups is 1. The highest BCUT2D eigenvalue weighted by Crippen LogP contribution is 2.20. The van der Waals surface area contributed by atoms with Crippen molar-refractivity contribution in [3.05, 3.63) is 84.2 Å². The van der Waals surface area contributed by atoms with E-state index in [1.807, 2.05) is 47.4 Å². The van der Waals surface area contributed by atoms with Gasteiger partial charge in [0.15, 0.2) is 0 Å². The maximum Gasteiger partial charge on any atom is 0.272 e. The number of nitrogens with zero attached hydrogens (tertiary/aromatic N) is 4. The van der Waals surface area contributed by atoms with Gasteiger partial charge in [-0.3, -0.25) is 4.79 Å². The Balaban J connectivity index is 1.38. The number of nitriles is 1. The molecule has 0 radical (unpaired) electrons. The quantitative estimate of drug-likeness (QED) is 0.744. The number of nitrogens with one attached hydrogen (secondary N) is 1. The van der Waals surface area contributed by atoms with Gasteiger partial charge in [0, 0.05) is 31.9 Å². The van der Waals surface area contributed by atoms with E-state index >= 15 is 0 Å². The van der Waals surface area contributed by atoms with Crippen molar-refractivity contribution < 1.29 is 4.79 Å². The van der Waals surface area contributed by atoms with E-state index in [2.05, 4.69) is 33.4 Å². The van der Waals surface area contributed by atoms with Crippen LogP contribution >= 0.6 is 0 Å². The fraction of sp³-hybridized carbons (Fsp3) is 0.174. The molecule has 29 heavy (non-hydrogen) atoms. The summed E-state index contributed by atoms with van der Waals surface area (Å²) in [6.07, 6.45) is 1.63. The Hall–Kier alpha value is -3.85. The number of amides is 1. The van der Waals surface area contributed by atoms with Crippen LogP contribution in [0.25, 0.3) is 0 Å². The lowest BCUT2D eigenvalue weighted by molar-refractivity contribution is 0.0741. The molecule has 1 aliphatic heterocycles. The van der Waals surface area contributed by atoms with Crippen molar-refractivity contribution in [2.24, 2.45) is 0 Å². The molecule has 1 N–H and O–H groups in total. The van der Waals surface area contributed by atoms with E-state index in [0.717, 1.165) is 18.8 Å². The van der Waals surface area contributed by atoms with Crippen molar-refractivity contribution in [1.29, 1.82) is 5.26 Å². The third-order valence-electron chi connectivity index (χ3n) is 5.00. The molecule has 0 bridgehead atoms. The maximum atomic E-state index is 12.8. The largest absolute Gasteiger partial charge is 0.368 e. The summed E-state index contributed by atoms with van der Waals surface area (Å²) in [5, 5.41) is 12.4. The number of benzene rings is 2. The molecule has 0 aliphatic carbocycles. The molecule has 2 heterocycles. The zero-order valence-electron chi connectivity index (χ0n) is 16.0. The molecule has 144 valence electrons. The van der Waals surface area contributed by atoms with Crippen LogP contribution in [0.2, 0.25) is 0 Å². The predicted molar refractivity (Wildman–Crippen MR) is 113 cm³/mol. The number of pyridine rings is 1. The minimum atomic E-state index is -0.0540. The molecule has 4 rings (SSSR count). The van der Waals surface area contributed by atoms with Gasteiger partial charge in [0.05, 0.1) is 23.1 Å². The monoisotopic (exact) mass is 383 g/mol. The highest BCUT2D eigenvalue weighted by atomic mass is 16.2. The molecule has 0 atom stereocenters. The fourth-order valence-corrected chi connectivity index (χ4v) is 3.41. The number of hydrogen-bond donors (Lipinski definition) is 1. The molecular weight excluding hydrogens is 362 g/mol. The van der Waals surface area contributed by atoms with Crippen LogP contribution in [0.3, 0.4) is 0 Å². The van der Waals surface area contributed by atoms with Gasteiger partial charge in [-0.15, -0.1) is 0 Å². The van der Waals surface area contributed by atoms with Gasteiger partial charge in [0.1, 0.15) is 11.8 Å². The zero-order chi connectivity index (χ0) is 20.1. The summed E-state index contributed by atoms with van der Waals surface area (Å²) in [5.74, 6) is -0.0540. The molecule has 1 fully saturated rings. The van der Waals surface area contributed by atoms with Crippen molar-refractivity contribution in [2.45, 2.75) is 0 Å². The van der Waals surface area contributed by atoms with Gasteiger partial charge in [-0.05, 0) is 36.4 Å². The van der Waals surface area contributed by atoms with Crippen molar-refractivity contribution in [2.75, 3.05) is 36.4 Å². The van der Waals surface area contributed by atoms with Gasteiger partial charge in [0.2, 0.25) is 0 Å². The highest BCUT2D eigenvalue weighted by molar-refractivity contribution is 5.92. The Morgan fingerprint density at radius 3 is 2.34 bits per heavy atom. The maximum absolute atomic E-state index is 12.8. The number of hydrogen-bond acceptors (Lipinski definition) is 5. The number of aromatic nitrogens is 1. The lowest BCUT2D eigenvalue weighted by Crippen LogP contribution is -2.49. The predicted octanol–water partition coefficient (Wildman–Crippen LogP) is 3.66. The molecule has 0 saturated carbocycles. The molecule has 1 amide bonds. The second-order valence-corrected chi connectivity index (χ2v) is 6.83. The first kappa shape index (κ1) is 18.5. The summed E-state index contributed by atoms with van der Waals surface area (Å²) in [4.78, 5) is 21.3. The van der Waals surface area contributed by atoms with Crippen molar-refractivity contribution >= 4 is 23.0 Å². The molecule has 0 unspecified atom stereocenters. The molecule has 1 saturated heterocycles. The number of para-hydroxylation sites is 2. The summed E-state index contributed by atoms with van der Waals surface area (Å²) in [6.45, 7) is 2.95. The molecule has 1 aliphatic rings. The van der Waals surface area contributed by atoms with Gasteiger partial charge < -0.3 is 15.1 Å². The molecule has 0 spiro atoms. The molecule has 2 aromatic carbocycles. The van der Waals surface area contributed by atoms with E-state index in [0.29, 0.717) is 30.0 Å². The van der Waals surface area contributed by atoms with Crippen molar-refractivity contribution in [3.8, 4) is 6.07 Å². The van der Waals surface area contributed by atoms with Gasteiger partial charge in [-0.2, -0.15) is 5.26 Å². The second-order valence-electron chi connectivity index (χ2n) is 6.83. The average molecular weight is 383 g/mol. The topological polar surface area (TPSA) is 72.3 Å². The van der Waals surface area contributed by atoms with E-state index in [1.54, 1.807) is 18.3 Å². The van der Waals surface area contributed by atoms with Gasteiger partial charge >= 0.3 is 0 Å². The van der Waals surface area contributed by atoms with Crippen molar-refractivity contribution in [3.63, 3.8) is 0 Å². The third-order valence-corrected chi connectivity index (χ3v) is 5.00. The molecule has 3 aromatic rings. The van der Waals surface area contributed by atoms with E-state index in [4.69, 9.17) is 0 Å². The summed E-state index contributed by atoms with van der Waals surface area (Å²) in [5.41, 5.74) is 3.62. The lowest BCUT2D eigenvalue weighted by Gasteiger charge is -2.36. The van der Waals surface area contributed by atoms with Crippen LogP contribution in [-0.2, 0) is 0 Å². The van der Waals surface area contributed by atoms with E-state index in [9.17, 15) is 10.1 Å². The van der Waals surface area contributed by atoms with Crippen LogP contribution in [0.4, 0.5) is 17.1 Å². The van der Waals surface area contributed by atoms with Crippen LogP contribution in [0.15, 0.2) is 72.9 Å². The molecular formula is C23H21N5O. The Kier molecular flexibility index (Phi) is 5.39. The first-order valence-corrected chi connectivity index (χ1v) is 9.56. The van der Waals surface area contributed by atoms with Gasteiger partial charge in [-0.1, -0.05) is 30.3 Å². The Morgan fingerprint density at radius 1 is 0.931 bits per heavy atom. The number of rotatable bonds is 4. The summed E-state index contributed by atoms with van der Waals surface area (Å²) in [7, 11) is 0. The van der Waals surface area contributed by atoms with Crippen LogP contribution < -0.4 is 10.2 Å². The molecule has 6 nitrogen and oxygen atoms in total. The summed E-state index contributed by atoms with van der Waals surface area (Å²) in [6, 6.07) is 23.2. The number of carbonyl (C=O) groups excluding carboxylic acids is 1. The van der Waals surface area contributed by atoms with Crippen LogP contribution in [0.5, 0.6) is 0 Å². The standard InChI is InChI=1S/C23H21N5O/c24-16-18-6-4-5-9-21(18)26-19-10-11-22(25-17-19)23(29)28-14-12-27(13-15-28)20-7-2-1-3-8-20/h1-11,17,26H,12-15H2. The molecule has 1 aromatic heterocycles. The normalized spacial score (nSPS) is 13.6. The molecule has 6 heteroatoms. The zero-order valence-corrected chi connectivity index (χ0v) is 16.0. The highest BCUT2D eigenvalue weighted by Gasteiger charge is 2.23.